The Balaban J connectivity index is 2.40. The van der Waals surface area contributed by atoms with Crippen LogP contribution < -0.4 is 0 Å². The quantitative estimate of drug-likeness (QED) is 0.863. The highest BCUT2D eigenvalue weighted by Crippen LogP contribution is 2.20. The molecule has 0 aliphatic rings. The molecule has 0 aliphatic heterocycles. The molecular weight excluding hydrogens is 236 g/mol. The second kappa shape index (κ2) is 4.75. The van der Waals surface area contributed by atoms with Gasteiger partial charge < -0.3 is 14.6 Å². The molecule has 2 N–H and O–H groups in total. The van der Waals surface area contributed by atoms with Crippen molar-refractivity contribution in [3.05, 3.63) is 59.0 Å². The third-order valence-electron chi connectivity index (χ3n) is 2.51. The van der Waals surface area contributed by atoms with Gasteiger partial charge >= 0.3 is 11.9 Å². The minimum Gasteiger partial charge on any atom is -0.478 e. The molecule has 2 rings (SSSR count). The third kappa shape index (κ3) is 2.24. The van der Waals surface area contributed by atoms with E-state index in [0.717, 1.165) is 5.56 Å². The number of carboxylic acid groups (broad SMARTS) is 2. The van der Waals surface area contributed by atoms with Gasteiger partial charge in [-0.25, -0.2) is 9.59 Å². The minimum atomic E-state index is -1.38. The highest BCUT2D eigenvalue weighted by molar-refractivity contribution is 6.00. The van der Waals surface area contributed by atoms with Crippen molar-refractivity contribution in [2.75, 3.05) is 0 Å². The molecule has 92 valence electrons. The minimum absolute atomic E-state index is 0.286. The number of aromatic carboxylic acids is 2. The highest BCUT2D eigenvalue weighted by Gasteiger charge is 2.24. The molecule has 1 aromatic carbocycles. The van der Waals surface area contributed by atoms with E-state index in [1.807, 2.05) is 30.3 Å². The predicted molar refractivity (Wildman–Crippen MR) is 61.9 cm³/mol. The molecule has 0 fully saturated rings. The van der Waals surface area contributed by atoms with Crippen LogP contribution in [0.25, 0.3) is 0 Å². The van der Waals surface area contributed by atoms with E-state index in [1.54, 1.807) is 0 Å². The number of hydrogen-bond donors (Lipinski definition) is 2. The van der Waals surface area contributed by atoms with Gasteiger partial charge in [0.25, 0.3) is 0 Å². The van der Waals surface area contributed by atoms with Crippen LogP contribution in [0.5, 0.6) is 0 Å². The molecule has 18 heavy (non-hydrogen) atoms. The average Bonchev–Trinajstić information content (AvgIpc) is 2.74. The summed E-state index contributed by atoms with van der Waals surface area (Å²) in [5.74, 6) is -3.22. The monoisotopic (exact) mass is 246 g/mol. The van der Waals surface area contributed by atoms with Crippen molar-refractivity contribution in [1.82, 2.24) is 0 Å². The first-order valence-corrected chi connectivity index (χ1v) is 5.20. The highest BCUT2D eigenvalue weighted by atomic mass is 16.4. The molecule has 0 bridgehead atoms. The molecule has 0 atom stereocenters. The Hall–Kier alpha value is -2.56. The van der Waals surface area contributed by atoms with Gasteiger partial charge in [0.2, 0.25) is 5.76 Å². The maximum absolute atomic E-state index is 11.1. The summed E-state index contributed by atoms with van der Waals surface area (Å²) in [6.45, 7) is 0. The van der Waals surface area contributed by atoms with Gasteiger partial charge in [-0.15, -0.1) is 0 Å². The van der Waals surface area contributed by atoms with E-state index < -0.39 is 17.7 Å². The maximum Gasteiger partial charge on any atom is 0.372 e. The number of carboxylic acids is 2. The van der Waals surface area contributed by atoms with E-state index in [4.69, 9.17) is 14.6 Å². The van der Waals surface area contributed by atoms with E-state index in [0.29, 0.717) is 12.0 Å². The lowest BCUT2D eigenvalue weighted by atomic mass is 10.0. The Morgan fingerprint density at radius 3 is 2.28 bits per heavy atom. The Morgan fingerprint density at radius 2 is 1.72 bits per heavy atom. The van der Waals surface area contributed by atoms with E-state index >= 15 is 0 Å². The topological polar surface area (TPSA) is 87.7 Å². The van der Waals surface area contributed by atoms with Gasteiger partial charge in [-0.3, -0.25) is 0 Å². The van der Waals surface area contributed by atoms with Crippen molar-refractivity contribution in [3.63, 3.8) is 0 Å². The predicted octanol–water partition coefficient (Wildman–Crippen LogP) is 2.27. The van der Waals surface area contributed by atoms with Crippen molar-refractivity contribution >= 4 is 11.9 Å². The summed E-state index contributed by atoms with van der Waals surface area (Å²) in [5, 5.41) is 17.9. The molecule has 1 heterocycles. The van der Waals surface area contributed by atoms with Crippen molar-refractivity contribution < 1.29 is 24.2 Å². The molecule has 0 spiro atoms. The zero-order valence-corrected chi connectivity index (χ0v) is 9.29. The summed E-state index contributed by atoms with van der Waals surface area (Å²) in [7, 11) is 0. The molecule has 0 unspecified atom stereocenters. The molecule has 0 radical (unpaired) electrons. The number of benzene rings is 1. The molecule has 0 saturated carbocycles. The van der Waals surface area contributed by atoms with Crippen LogP contribution in [0.15, 0.2) is 41.0 Å². The van der Waals surface area contributed by atoms with Crippen molar-refractivity contribution in [3.8, 4) is 0 Å². The van der Waals surface area contributed by atoms with Gasteiger partial charge in [0.05, 0.1) is 6.26 Å². The second-order valence-corrected chi connectivity index (χ2v) is 3.74. The van der Waals surface area contributed by atoms with E-state index in [2.05, 4.69) is 0 Å². The lowest BCUT2D eigenvalue weighted by Crippen LogP contribution is -2.07. The third-order valence-corrected chi connectivity index (χ3v) is 2.51. The number of furan rings is 1. The second-order valence-electron chi connectivity index (χ2n) is 3.74. The fourth-order valence-corrected chi connectivity index (χ4v) is 1.73. The standard InChI is InChI=1S/C13H10O5/c14-12(15)10-9(7-18-11(10)13(16)17)6-8-4-2-1-3-5-8/h1-5,7H,6H2,(H,14,15)(H,16,17). The van der Waals surface area contributed by atoms with E-state index in [-0.39, 0.29) is 5.56 Å². The zero-order valence-electron chi connectivity index (χ0n) is 9.29. The van der Waals surface area contributed by atoms with Gasteiger partial charge in [-0.05, 0) is 5.56 Å². The van der Waals surface area contributed by atoms with Crippen LogP contribution in [0.4, 0.5) is 0 Å². The maximum atomic E-state index is 11.1. The molecule has 5 nitrogen and oxygen atoms in total. The van der Waals surface area contributed by atoms with E-state index in [9.17, 15) is 9.59 Å². The van der Waals surface area contributed by atoms with Crippen molar-refractivity contribution in [2.45, 2.75) is 6.42 Å². The van der Waals surface area contributed by atoms with Gasteiger partial charge in [0.1, 0.15) is 5.56 Å². The van der Waals surface area contributed by atoms with Crippen LogP contribution in [-0.2, 0) is 6.42 Å². The van der Waals surface area contributed by atoms with Crippen LogP contribution in [0.2, 0.25) is 0 Å². The summed E-state index contributed by atoms with van der Waals surface area (Å²) in [5.41, 5.74) is 0.954. The van der Waals surface area contributed by atoms with Gasteiger partial charge in [-0.2, -0.15) is 0 Å². The fraction of sp³-hybridized carbons (Fsp3) is 0.0769. The Labute approximate surface area is 102 Å². The number of hydrogen-bond acceptors (Lipinski definition) is 3. The van der Waals surface area contributed by atoms with Gasteiger partial charge in [0, 0.05) is 12.0 Å². The van der Waals surface area contributed by atoms with Crippen LogP contribution in [0.3, 0.4) is 0 Å². The fourth-order valence-electron chi connectivity index (χ4n) is 1.73. The van der Waals surface area contributed by atoms with Crippen LogP contribution in [0, 0.1) is 0 Å². The van der Waals surface area contributed by atoms with Crippen molar-refractivity contribution in [2.24, 2.45) is 0 Å². The summed E-state index contributed by atoms with van der Waals surface area (Å²) in [6, 6.07) is 9.17. The summed E-state index contributed by atoms with van der Waals surface area (Å²) in [6.07, 6.45) is 1.50. The average molecular weight is 246 g/mol. The smallest absolute Gasteiger partial charge is 0.372 e. The van der Waals surface area contributed by atoms with Gasteiger partial charge in [0.15, 0.2) is 0 Å². The summed E-state index contributed by atoms with van der Waals surface area (Å²) >= 11 is 0. The number of rotatable bonds is 4. The van der Waals surface area contributed by atoms with Gasteiger partial charge in [-0.1, -0.05) is 30.3 Å². The molecule has 5 heteroatoms. The van der Waals surface area contributed by atoms with E-state index in [1.165, 1.54) is 6.26 Å². The largest absolute Gasteiger partial charge is 0.478 e. The Bertz CT molecular complexity index is 583. The first-order valence-electron chi connectivity index (χ1n) is 5.20. The summed E-state index contributed by atoms with van der Waals surface area (Å²) in [4.78, 5) is 21.9. The van der Waals surface area contributed by atoms with Crippen molar-refractivity contribution in [1.29, 1.82) is 0 Å². The lowest BCUT2D eigenvalue weighted by Gasteiger charge is -2.00. The molecule has 0 amide bonds. The lowest BCUT2D eigenvalue weighted by molar-refractivity contribution is 0.0625. The Morgan fingerprint density at radius 1 is 1.06 bits per heavy atom. The first-order chi connectivity index (χ1) is 8.59. The SMILES string of the molecule is O=C(O)c1occ(Cc2ccccc2)c1C(=O)O. The van der Waals surface area contributed by atoms with Crippen LogP contribution in [0.1, 0.15) is 32.0 Å². The number of carbonyl (C=O) groups is 2. The van der Waals surface area contributed by atoms with Crippen LogP contribution in [-0.4, -0.2) is 22.2 Å². The van der Waals surface area contributed by atoms with Crippen LogP contribution >= 0.6 is 0 Å². The molecule has 2 aromatic rings. The summed E-state index contributed by atoms with van der Waals surface area (Å²) < 4.78 is 4.81. The zero-order chi connectivity index (χ0) is 13.1. The first kappa shape index (κ1) is 11.9. The molecule has 0 saturated heterocycles. The normalized spacial score (nSPS) is 10.2. The molecular formula is C13H10O5. The Kier molecular flexibility index (Phi) is 3.14. The molecule has 1 aromatic heterocycles. The molecule has 0 aliphatic carbocycles.